The molecule has 0 spiro atoms. The van der Waals surface area contributed by atoms with Crippen LogP contribution in [0.15, 0.2) is 46.6 Å². The summed E-state index contributed by atoms with van der Waals surface area (Å²) in [5.41, 5.74) is -0.944. The van der Waals surface area contributed by atoms with Crippen LogP contribution in [0.2, 0.25) is 0 Å². The Kier molecular flexibility index (Phi) is 4.03. The molecule has 0 heterocycles. The third-order valence-corrected chi connectivity index (χ3v) is 2.76. The summed E-state index contributed by atoms with van der Waals surface area (Å²) >= 11 is 0. The van der Waals surface area contributed by atoms with E-state index in [0.29, 0.717) is 0 Å². The number of aromatic hydroxyl groups is 2. The molecule has 0 aliphatic carbocycles. The first kappa shape index (κ1) is 15.0. The van der Waals surface area contributed by atoms with E-state index in [4.69, 9.17) is 10.2 Å². The summed E-state index contributed by atoms with van der Waals surface area (Å²) < 4.78 is 0. The molecule has 22 heavy (non-hydrogen) atoms. The van der Waals surface area contributed by atoms with E-state index >= 15 is 0 Å². The van der Waals surface area contributed by atoms with Crippen LogP contribution in [0.3, 0.4) is 0 Å². The summed E-state index contributed by atoms with van der Waals surface area (Å²) in [6, 6.07) is 7.77. The number of nitrogens with zero attached hydrogens (tertiary/aromatic N) is 2. The Labute approximate surface area is 123 Å². The van der Waals surface area contributed by atoms with E-state index in [1.807, 2.05) is 0 Å². The van der Waals surface area contributed by atoms with E-state index in [1.165, 1.54) is 36.4 Å². The first-order valence-electron chi connectivity index (χ1n) is 5.94. The molecular formula is C14H10N2O6. The van der Waals surface area contributed by atoms with Crippen molar-refractivity contribution in [3.05, 3.63) is 47.5 Å². The Hall–Kier alpha value is -3.42. The van der Waals surface area contributed by atoms with Gasteiger partial charge in [0.15, 0.2) is 11.5 Å². The fourth-order valence-electron chi connectivity index (χ4n) is 1.68. The van der Waals surface area contributed by atoms with Gasteiger partial charge in [-0.25, -0.2) is 9.59 Å². The lowest BCUT2D eigenvalue weighted by Crippen LogP contribution is -1.96. The highest BCUT2D eigenvalue weighted by atomic mass is 16.4. The van der Waals surface area contributed by atoms with E-state index in [1.54, 1.807) is 0 Å². The lowest BCUT2D eigenvalue weighted by Gasteiger charge is -2.03. The van der Waals surface area contributed by atoms with Gasteiger partial charge in [-0.1, -0.05) is 12.1 Å². The fraction of sp³-hybridized carbons (Fsp3) is 0. The van der Waals surface area contributed by atoms with Crippen LogP contribution in [0.4, 0.5) is 11.4 Å². The molecule has 0 atom stereocenters. The minimum Gasteiger partial charge on any atom is -0.505 e. The molecule has 0 bridgehead atoms. The molecule has 0 aliphatic heterocycles. The van der Waals surface area contributed by atoms with Gasteiger partial charge >= 0.3 is 11.9 Å². The van der Waals surface area contributed by atoms with Gasteiger partial charge in [-0.05, 0) is 24.3 Å². The first-order valence-corrected chi connectivity index (χ1v) is 5.94. The molecule has 0 saturated carbocycles. The second-order valence-corrected chi connectivity index (χ2v) is 4.16. The Morgan fingerprint density at radius 2 is 1.09 bits per heavy atom. The zero-order chi connectivity index (χ0) is 16.3. The number of benzene rings is 2. The van der Waals surface area contributed by atoms with Crippen LogP contribution in [0.5, 0.6) is 11.5 Å². The van der Waals surface area contributed by atoms with Crippen molar-refractivity contribution in [3.8, 4) is 11.5 Å². The van der Waals surface area contributed by atoms with Gasteiger partial charge in [0.2, 0.25) is 0 Å². The monoisotopic (exact) mass is 302 g/mol. The van der Waals surface area contributed by atoms with Gasteiger partial charge in [-0.2, -0.15) is 0 Å². The van der Waals surface area contributed by atoms with Crippen LogP contribution < -0.4 is 0 Å². The fourth-order valence-corrected chi connectivity index (χ4v) is 1.68. The summed E-state index contributed by atoms with van der Waals surface area (Å²) in [6.45, 7) is 0. The highest BCUT2D eigenvalue weighted by Gasteiger charge is 2.14. The number of azo groups is 1. The lowest BCUT2D eigenvalue weighted by molar-refractivity contribution is 0.0682. The third-order valence-electron chi connectivity index (χ3n) is 2.76. The van der Waals surface area contributed by atoms with Crippen molar-refractivity contribution in [2.45, 2.75) is 0 Å². The minimum atomic E-state index is -1.33. The number of hydrogen-bond acceptors (Lipinski definition) is 6. The van der Waals surface area contributed by atoms with Gasteiger partial charge < -0.3 is 20.4 Å². The van der Waals surface area contributed by atoms with Crippen molar-refractivity contribution in [1.29, 1.82) is 0 Å². The molecule has 2 aromatic carbocycles. The maximum Gasteiger partial charge on any atom is 0.339 e. The van der Waals surface area contributed by atoms with Crippen molar-refractivity contribution >= 4 is 23.3 Å². The molecular weight excluding hydrogens is 292 g/mol. The number of carboxylic acids is 2. The molecule has 0 fully saturated rings. The van der Waals surface area contributed by atoms with E-state index in [0.717, 1.165) is 0 Å². The number of rotatable bonds is 4. The average molecular weight is 302 g/mol. The molecule has 0 unspecified atom stereocenters. The van der Waals surface area contributed by atoms with Gasteiger partial charge in [0.05, 0.1) is 0 Å². The summed E-state index contributed by atoms with van der Waals surface area (Å²) in [4.78, 5) is 21.8. The van der Waals surface area contributed by atoms with E-state index in [2.05, 4.69) is 10.2 Å². The number of carboxylic acid groups (broad SMARTS) is 2. The quantitative estimate of drug-likeness (QED) is 0.640. The van der Waals surface area contributed by atoms with E-state index in [-0.39, 0.29) is 22.5 Å². The number of para-hydroxylation sites is 2. The third kappa shape index (κ3) is 2.85. The van der Waals surface area contributed by atoms with Crippen LogP contribution in [0, 0.1) is 0 Å². The maximum absolute atomic E-state index is 10.9. The number of aromatic carboxylic acids is 2. The van der Waals surface area contributed by atoms with Gasteiger partial charge in [0, 0.05) is 0 Å². The molecule has 8 nitrogen and oxygen atoms in total. The average Bonchev–Trinajstić information content (AvgIpc) is 2.46. The zero-order valence-corrected chi connectivity index (χ0v) is 11.0. The minimum absolute atomic E-state index is 0.125. The highest BCUT2D eigenvalue weighted by Crippen LogP contribution is 2.34. The van der Waals surface area contributed by atoms with E-state index in [9.17, 15) is 19.8 Å². The summed E-state index contributed by atoms with van der Waals surface area (Å²) in [5, 5.41) is 44.6. The summed E-state index contributed by atoms with van der Waals surface area (Å²) in [6.07, 6.45) is 0. The van der Waals surface area contributed by atoms with Crippen LogP contribution in [-0.2, 0) is 0 Å². The number of hydrogen-bond donors (Lipinski definition) is 4. The predicted molar refractivity (Wildman–Crippen MR) is 74.3 cm³/mol. The molecule has 0 radical (unpaired) electrons. The summed E-state index contributed by atoms with van der Waals surface area (Å²) in [5.74, 6) is -3.81. The second-order valence-electron chi connectivity index (χ2n) is 4.16. The Bertz CT molecular complexity index is 719. The van der Waals surface area contributed by atoms with E-state index < -0.39 is 23.4 Å². The van der Waals surface area contributed by atoms with Crippen molar-refractivity contribution in [2.24, 2.45) is 10.2 Å². The molecule has 8 heteroatoms. The standard InChI is InChI=1S/C14H10N2O6/c17-11-7(13(19)20)3-1-5-9(11)15-16-10-6-2-4-8(12(10)18)14(21)22/h1-6,17-18H,(H,19,20)(H,21,22). The molecule has 2 rings (SSSR count). The van der Waals surface area contributed by atoms with Gasteiger partial charge in [0.25, 0.3) is 0 Å². The van der Waals surface area contributed by atoms with Crippen molar-refractivity contribution in [1.82, 2.24) is 0 Å². The predicted octanol–water partition coefficient (Wildman–Crippen LogP) is 2.91. The maximum atomic E-state index is 10.9. The smallest absolute Gasteiger partial charge is 0.339 e. The van der Waals surface area contributed by atoms with Gasteiger partial charge in [-0.15, -0.1) is 10.2 Å². The van der Waals surface area contributed by atoms with Crippen molar-refractivity contribution in [2.75, 3.05) is 0 Å². The highest BCUT2D eigenvalue weighted by molar-refractivity contribution is 5.93. The molecule has 0 aromatic heterocycles. The molecule has 0 saturated heterocycles. The number of phenols is 2. The van der Waals surface area contributed by atoms with Crippen molar-refractivity contribution in [3.63, 3.8) is 0 Å². The topological polar surface area (TPSA) is 140 Å². The normalized spacial score (nSPS) is 10.7. The molecule has 4 N–H and O–H groups in total. The zero-order valence-electron chi connectivity index (χ0n) is 11.0. The van der Waals surface area contributed by atoms with Gasteiger partial charge in [0.1, 0.15) is 22.5 Å². The molecule has 0 amide bonds. The Balaban J connectivity index is 2.42. The number of carbonyl (C=O) groups is 2. The molecule has 0 aliphatic rings. The lowest BCUT2D eigenvalue weighted by atomic mass is 10.1. The largest absolute Gasteiger partial charge is 0.505 e. The first-order chi connectivity index (χ1) is 10.4. The van der Waals surface area contributed by atoms with Crippen LogP contribution in [0.25, 0.3) is 0 Å². The van der Waals surface area contributed by atoms with Crippen LogP contribution in [-0.4, -0.2) is 32.4 Å². The Morgan fingerprint density at radius 3 is 1.41 bits per heavy atom. The van der Waals surface area contributed by atoms with Gasteiger partial charge in [-0.3, -0.25) is 0 Å². The SMILES string of the molecule is O=C(O)c1cccc(N=Nc2cccc(C(=O)O)c2O)c1O. The van der Waals surface area contributed by atoms with Crippen LogP contribution >= 0.6 is 0 Å². The Morgan fingerprint density at radius 1 is 0.727 bits per heavy atom. The molecule has 112 valence electrons. The van der Waals surface area contributed by atoms with Crippen LogP contribution in [0.1, 0.15) is 20.7 Å². The second kappa shape index (κ2) is 5.92. The summed E-state index contributed by atoms with van der Waals surface area (Å²) in [7, 11) is 0. The molecule has 2 aromatic rings. The van der Waals surface area contributed by atoms with Crippen molar-refractivity contribution < 1.29 is 30.0 Å².